The second-order valence-electron chi connectivity index (χ2n) is 1.93. The molecule has 0 saturated heterocycles. The summed E-state index contributed by atoms with van der Waals surface area (Å²) in [6, 6.07) is 8.08. The molecule has 0 spiro atoms. The number of hydrogen-bond acceptors (Lipinski definition) is 0. The van der Waals surface area contributed by atoms with Crippen LogP contribution in [0.5, 0.6) is 0 Å². The van der Waals surface area contributed by atoms with E-state index >= 15 is 0 Å². The Morgan fingerprint density at radius 2 is 1.70 bits per heavy atom. The first-order valence-corrected chi connectivity index (χ1v) is 2.68. The monoisotopic (exact) mass is 164 g/mol. The van der Waals surface area contributed by atoms with Gasteiger partial charge in [-0.05, 0) is 0 Å². The second kappa shape index (κ2) is 5.90. The van der Waals surface area contributed by atoms with Crippen molar-refractivity contribution in [1.29, 1.82) is 0 Å². The smallest absolute Gasteiger partial charge is 1.00 e. The summed E-state index contributed by atoms with van der Waals surface area (Å²) < 4.78 is 0. The fourth-order valence-electron chi connectivity index (χ4n) is 0.610. The molecule has 1 aromatic rings. The molecule has 0 heterocycles. The molecule has 0 aliphatic heterocycles. The summed E-state index contributed by atoms with van der Waals surface area (Å²) in [6.07, 6.45) is 0. The SMILES string of the molecule is [CH2-]c1ccccc1C.[Cl-].[Mg+2]. The third kappa shape index (κ3) is 3.35. The van der Waals surface area contributed by atoms with Crippen LogP contribution in [0.3, 0.4) is 0 Å². The third-order valence-corrected chi connectivity index (χ3v) is 1.26. The first kappa shape index (κ1) is 12.8. The van der Waals surface area contributed by atoms with E-state index in [0.29, 0.717) is 0 Å². The zero-order valence-corrected chi connectivity index (χ0v) is 8.27. The van der Waals surface area contributed by atoms with Crippen molar-refractivity contribution >= 4 is 23.1 Å². The Morgan fingerprint density at radius 3 is 2.00 bits per heavy atom. The molecular formula is C8H9ClMg. The van der Waals surface area contributed by atoms with Crippen LogP contribution in [0, 0.1) is 13.8 Å². The predicted octanol–water partition coefficient (Wildman–Crippen LogP) is -1.20. The first-order chi connectivity index (χ1) is 3.80. The fraction of sp³-hybridized carbons (Fsp3) is 0.125. The summed E-state index contributed by atoms with van der Waals surface area (Å²) in [5.74, 6) is 0. The molecule has 1 aromatic carbocycles. The van der Waals surface area contributed by atoms with Gasteiger partial charge >= 0.3 is 23.1 Å². The third-order valence-electron chi connectivity index (χ3n) is 1.26. The topological polar surface area (TPSA) is 0 Å². The van der Waals surface area contributed by atoms with Gasteiger partial charge in [0.15, 0.2) is 0 Å². The van der Waals surface area contributed by atoms with Crippen molar-refractivity contribution in [3.63, 3.8) is 0 Å². The maximum Gasteiger partial charge on any atom is 2.00 e. The Morgan fingerprint density at radius 1 is 1.20 bits per heavy atom. The number of rotatable bonds is 0. The number of aryl methyl sites for hydroxylation is 1. The van der Waals surface area contributed by atoms with Gasteiger partial charge in [-0.15, -0.1) is 12.1 Å². The molecule has 0 unspecified atom stereocenters. The van der Waals surface area contributed by atoms with Crippen LogP contribution in [-0.2, 0) is 0 Å². The minimum atomic E-state index is 0. The summed E-state index contributed by atoms with van der Waals surface area (Å²) in [5, 5.41) is 0. The van der Waals surface area contributed by atoms with E-state index in [2.05, 4.69) is 19.9 Å². The molecule has 0 amide bonds. The molecule has 0 atom stereocenters. The molecule has 0 bridgehead atoms. The Labute approximate surface area is 84.6 Å². The van der Waals surface area contributed by atoms with Gasteiger partial charge in [-0.3, -0.25) is 0 Å². The Bertz CT molecular complexity index is 165. The predicted molar refractivity (Wildman–Crippen MR) is 41.4 cm³/mol. The number of halogens is 1. The van der Waals surface area contributed by atoms with Gasteiger partial charge in [-0.25, -0.2) is 0 Å². The van der Waals surface area contributed by atoms with Crippen LogP contribution in [0.2, 0.25) is 0 Å². The summed E-state index contributed by atoms with van der Waals surface area (Å²) in [4.78, 5) is 0. The number of benzene rings is 1. The van der Waals surface area contributed by atoms with Gasteiger partial charge in [0.2, 0.25) is 0 Å². The van der Waals surface area contributed by atoms with E-state index < -0.39 is 0 Å². The molecular weight excluding hydrogens is 156 g/mol. The molecule has 0 fully saturated rings. The van der Waals surface area contributed by atoms with Crippen molar-refractivity contribution in [2.24, 2.45) is 0 Å². The van der Waals surface area contributed by atoms with E-state index in [0.717, 1.165) is 5.56 Å². The van der Waals surface area contributed by atoms with Crippen molar-refractivity contribution < 1.29 is 12.4 Å². The number of hydrogen-bond donors (Lipinski definition) is 0. The Kier molecular flexibility index (Phi) is 7.54. The van der Waals surface area contributed by atoms with Gasteiger partial charge in [-0.2, -0.15) is 24.1 Å². The Balaban J connectivity index is 0. The molecule has 0 saturated carbocycles. The zero-order chi connectivity index (χ0) is 5.98. The average molecular weight is 165 g/mol. The first-order valence-electron chi connectivity index (χ1n) is 2.68. The molecule has 50 valence electrons. The molecule has 0 nitrogen and oxygen atoms in total. The summed E-state index contributed by atoms with van der Waals surface area (Å²) >= 11 is 0. The van der Waals surface area contributed by atoms with Crippen LogP contribution in [0.25, 0.3) is 0 Å². The van der Waals surface area contributed by atoms with Crippen LogP contribution in [-0.4, -0.2) is 23.1 Å². The average Bonchev–Trinajstić information content (AvgIpc) is 1.77. The maximum absolute atomic E-state index is 3.82. The molecule has 0 aliphatic rings. The van der Waals surface area contributed by atoms with Crippen LogP contribution in [0.4, 0.5) is 0 Å². The van der Waals surface area contributed by atoms with Crippen LogP contribution < -0.4 is 12.4 Å². The summed E-state index contributed by atoms with van der Waals surface area (Å²) in [7, 11) is 0. The van der Waals surface area contributed by atoms with Gasteiger partial charge in [0.25, 0.3) is 0 Å². The summed E-state index contributed by atoms with van der Waals surface area (Å²) in [6.45, 7) is 5.88. The molecule has 0 N–H and O–H groups in total. The zero-order valence-electron chi connectivity index (χ0n) is 6.10. The molecule has 0 aromatic heterocycles. The minimum Gasteiger partial charge on any atom is -1.00 e. The van der Waals surface area contributed by atoms with E-state index in [1.165, 1.54) is 5.56 Å². The van der Waals surface area contributed by atoms with Crippen LogP contribution in [0.1, 0.15) is 11.1 Å². The van der Waals surface area contributed by atoms with Crippen LogP contribution >= 0.6 is 0 Å². The van der Waals surface area contributed by atoms with Crippen molar-refractivity contribution in [2.45, 2.75) is 6.92 Å². The van der Waals surface area contributed by atoms with Crippen molar-refractivity contribution in [2.75, 3.05) is 0 Å². The second-order valence-corrected chi connectivity index (χ2v) is 1.93. The maximum atomic E-state index is 3.82. The summed E-state index contributed by atoms with van der Waals surface area (Å²) in [5.41, 5.74) is 2.38. The van der Waals surface area contributed by atoms with Gasteiger partial charge in [0.1, 0.15) is 0 Å². The quantitative estimate of drug-likeness (QED) is 0.334. The van der Waals surface area contributed by atoms with Gasteiger partial charge in [0.05, 0.1) is 0 Å². The fourth-order valence-corrected chi connectivity index (χ4v) is 0.610. The molecule has 2 heteroatoms. The van der Waals surface area contributed by atoms with E-state index in [1.807, 2.05) is 18.2 Å². The van der Waals surface area contributed by atoms with Crippen LogP contribution in [0.15, 0.2) is 24.3 Å². The largest absolute Gasteiger partial charge is 2.00 e. The Hall–Kier alpha value is 0.146. The van der Waals surface area contributed by atoms with E-state index in [1.54, 1.807) is 0 Å². The van der Waals surface area contributed by atoms with Crippen molar-refractivity contribution in [3.05, 3.63) is 42.3 Å². The van der Waals surface area contributed by atoms with Crippen molar-refractivity contribution in [3.8, 4) is 0 Å². The molecule has 10 heavy (non-hydrogen) atoms. The van der Waals surface area contributed by atoms with E-state index in [4.69, 9.17) is 0 Å². The molecule has 1 rings (SSSR count). The van der Waals surface area contributed by atoms with E-state index in [-0.39, 0.29) is 35.5 Å². The van der Waals surface area contributed by atoms with Gasteiger partial charge < -0.3 is 12.4 Å². The standard InChI is InChI=1S/C8H9.ClH.Mg/c1-7-5-3-4-6-8(7)2;;/h3-6H,1H2,2H3;1H;/q-1;;+2/p-1. The normalized spacial score (nSPS) is 7.30. The molecule has 0 radical (unpaired) electrons. The molecule has 0 aliphatic carbocycles. The minimum absolute atomic E-state index is 0. The van der Waals surface area contributed by atoms with Gasteiger partial charge in [0, 0.05) is 0 Å². The van der Waals surface area contributed by atoms with Gasteiger partial charge in [-0.1, -0.05) is 13.0 Å². The van der Waals surface area contributed by atoms with Crippen molar-refractivity contribution in [1.82, 2.24) is 0 Å². The van der Waals surface area contributed by atoms with E-state index in [9.17, 15) is 0 Å².